The van der Waals surface area contributed by atoms with Gasteiger partial charge in [-0.15, -0.1) is 0 Å². The smallest absolute Gasteiger partial charge is 0.373 e. The molecular formula is C26H21N5O6. The third-order valence-electron chi connectivity index (χ3n) is 5.07. The van der Waals surface area contributed by atoms with Crippen LogP contribution in [0, 0.1) is 11.3 Å². The Labute approximate surface area is 210 Å². The first-order valence-electron chi connectivity index (χ1n) is 10.9. The largest absolute Gasteiger partial charge is 0.493 e. The molecule has 2 heterocycles. The Hall–Kier alpha value is -5.37. The molecule has 0 aliphatic heterocycles. The van der Waals surface area contributed by atoms with Crippen LogP contribution in [0.3, 0.4) is 0 Å². The number of methoxy groups -OCH3 is 2. The van der Waals surface area contributed by atoms with Crippen molar-refractivity contribution in [3.8, 4) is 28.8 Å². The molecule has 2 aromatic carbocycles. The van der Waals surface area contributed by atoms with E-state index >= 15 is 0 Å². The number of carbonyl (C=O) groups is 1. The Kier molecular flexibility index (Phi) is 7.60. The van der Waals surface area contributed by atoms with Crippen molar-refractivity contribution in [3.05, 3.63) is 93.7 Å². The van der Waals surface area contributed by atoms with Gasteiger partial charge in [0.25, 0.3) is 5.56 Å². The summed E-state index contributed by atoms with van der Waals surface area (Å²) in [6, 6.07) is 19.1. The molecule has 0 fully saturated rings. The van der Waals surface area contributed by atoms with Gasteiger partial charge in [0.1, 0.15) is 24.0 Å². The average molecular weight is 499 g/mol. The molecule has 0 aliphatic carbocycles. The van der Waals surface area contributed by atoms with Crippen LogP contribution in [0.25, 0.3) is 11.3 Å². The van der Waals surface area contributed by atoms with Crippen LogP contribution in [0.15, 0.2) is 75.0 Å². The van der Waals surface area contributed by atoms with E-state index in [1.807, 2.05) is 12.1 Å². The van der Waals surface area contributed by atoms with Crippen LogP contribution in [0.2, 0.25) is 0 Å². The SMILES string of the molecule is COC(=O)c1ccc(COc2ccc(C=NNc3nc(-c4ccccc4)c(C#N)c(=O)[nH]3)cc2OC)o1. The Morgan fingerprint density at radius 3 is 2.70 bits per heavy atom. The summed E-state index contributed by atoms with van der Waals surface area (Å²) in [7, 11) is 2.77. The maximum absolute atomic E-state index is 12.4. The number of hydrogen-bond acceptors (Lipinski definition) is 10. The number of anilines is 1. The fourth-order valence-corrected chi connectivity index (χ4v) is 3.30. The Morgan fingerprint density at radius 1 is 1.16 bits per heavy atom. The highest BCUT2D eigenvalue weighted by Crippen LogP contribution is 2.28. The summed E-state index contributed by atoms with van der Waals surface area (Å²) in [4.78, 5) is 30.7. The van der Waals surface area contributed by atoms with Crippen molar-refractivity contribution in [1.29, 1.82) is 5.26 Å². The van der Waals surface area contributed by atoms with E-state index in [0.29, 0.717) is 28.4 Å². The maximum atomic E-state index is 12.4. The Bertz CT molecular complexity index is 1540. The molecule has 0 saturated carbocycles. The Morgan fingerprint density at radius 2 is 1.97 bits per heavy atom. The van der Waals surface area contributed by atoms with Gasteiger partial charge in [0.2, 0.25) is 11.7 Å². The minimum absolute atomic E-state index is 0.0732. The molecule has 11 nitrogen and oxygen atoms in total. The van der Waals surface area contributed by atoms with Gasteiger partial charge in [-0.3, -0.25) is 9.78 Å². The van der Waals surface area contributed by atoms with Crippen molar-refractivity contribution in [3.63, 3.8) is 0 Å². The average Bonchev–Trinajstić information content (AvgIpc) is 3.41. The number of nitrogens with zero attached hydrogens (tertiary/aromatic N) is 3. The number of esters is 1. The number of furan rings is 1. The van der Waals surface area contributed by atoms with E-state index in [1.54, 1.807) is 48.5 Å². The minimum Gasteiger partial charge on any atom is -0.493 e. The van der Waals surface area contributed by atoms with Gasteiger partial charge < -0.3 is 18.6 Å². The number of aromatic nitrogens is 2. The number of rotatable bonds is 9. The van der Waals surface area contributed by atoms with E-state index in [2.05, 4.69) is 25.2 Å². The summed E-state index contributed by atoms with van der Waals surface area (Å²) < 4.78 is 21.2. The second-order valence-electron chi connectivity index (χ2n) is 7.44. The van der Waals surface area contributed by atoms with Gasteiger partial charge in [-0.05, 0) is 35.9 Å². The quantitative estimate of drug-likeness (QED) is 0.199. The second-order valence-corrected chi connectivity index (χ2v) is 7.44. The lowest BCUT2D eigenvalue weighted by atomic mass is 10.1. The summed E-state index contributed by atoms with van der Waals surface area (Å²) in [6.45, 7) is 0.0732. The molecule has 2 N–H and O–H groups in total. The molecule has 0 bridgehead atoms. The van der Waals surface area contributed by atoms with Crippen molar-refractivity contribution >= 4 is 18.1 Å². The van der Waals surface area contributed by atoms with E-state index in [4.69, 9.17) is 13.9 Å². The van der Waals surface area contributed by atoms with E-state index in [1.165, 1.54) is 26.5 Å². The molecular weight excluding hydrogens is 478 g/mol. The highest BCUT2D eigenvalue weighted by molar-refractivity contribution is 5.86. The molecule has 37 heavy (non-hydrogen) atoms. The molecule has 186 valence electrons. The number of benzene rings is 2. The third-order valence-corrected chi connectivity index (χ3v) is 5.07. The van der Waals surface area contributed by atoms with Crippen LogP contribution in [0.1, 0.15) is 27.4 Å². The van der Waals surface area contributed by atoms with E-state index in [-0.39, 0.29) is 29.6 Å². The lowest BCUT2D eigenvalue weighted by molar-refractivity contribution is 0.0561. The first kappa shape index (κ1) is 24.7. The van der Waals surface area contributed by atoms with E-state index < -0.39 is 11.5 Å². The Balaban J connectivity index is 1.46. The first-order valence-corrected chi connectivity index (χ1v) is 10.9. The van der Waals surface area contributed by atoms with E-state index in [9.17, 15) is 14.9 Å². The normalized spacial score (nSPS) is 10.6. The lowest BCUT2D eigenvalue weighted by Gasteiger charge is -2.10. The van der Waals surface area contributed by atoms with Crippen LogP contribution >= 0.6 is 0 Å². The molecule has 4 aromatic rings. The number of hydrazone groups is 1. The van der Waals surface area contributed by atoms with Crippen LogP contribution in [-0.4, -0.2) is 36.4 Å². The minimum atomic E-state index is -0.576. The summed E-state index contributed by atoms with van der Waals surface area (Å²) in [5.41, 5.74) is 3.57. The summed E-state index contributed by atoms with van der Waals surface area (Å²) >= 11 is 0. The molecule has 0 spiro atoms. The van der Waals surface area contributed by atoms with Crippen molar-refractivity contribution in [2.24, 2.45) is 5.10 Å². The maximum Gasteiger partial charge on any atom is 0.373 e. The summed E-state index contributed by atoms with van der Waals surface area (Å²) in [6.07, 6.45) is 1.50. The van der Waals surface area contributed by atoms with Crippen molar-refractivity contribution < 1.29 is 23.4 Å². The molecule has 4 rings (SSSR count). The number of aromatic amines is 1. The lowest BCUT2D eigenvalue weighted by Crippen LogP contribution is -2.16. The zero-order valence-corrected chi connectivity index (χ0v) is 19.8. The van der Waals surface area contributed by atoms with Crippen LogP contribution in [0.4, 0.5) is 5.95 Å². The van der Waals surface area contributed by atoms with Crippen molar-refractivity contribution in [2.45, 2.75) is 6.61 Å². The van der Waals surface area contributed by atoms with Crippen molar-refractivity contribution in [2.75, 3.05) is 19.6 Å². The highest BCUT2D eigenvalue weighted by Gasteiger charge is 2.14. The van der Waals surface area contributed by atoms with Gasteiger partial charge in [0, 0.05) is 5.56 Å². The molecule has 2 aromatic heterocycles. The highest BCUT2D eigenvalue weighted by atomic mass is 16.5. The van der Waals surface area contributed by atoms with Gasteiger partial charge in [-0.25, -0.2) is 15.2 Å². The van der Waals surface area contributed by atoms with E-state index in [0.717, 1.165) is 0 Å². The number of ether oxygens (including phenoxy) is 3. The fraction of sp³-hybridized carbons (Fsp3) is 0.115. The van der Waals surface area contributed by atoms with Gasteiger partial charge in [0.05, 0.1) is 26.1 Å². The summed E-state index contributed by atoms with van der Waals surface area (Å²) in [5.74, 6) is 0.930. The molecule has 0 aliphatic rings. The van der Waals surface area contributed by atoms with Crippen LogP contribution in [0.5, 0.6) is 11.5 Å². The third kappa shape index (κ3) is 5.83. The summed E-state index contributed by atoms with van der Waals surface area (Å²) in [5, 5.41) is 13.5. The van der Waals surface area contributed by atoms with Gasteiger partial charge in [-0.2, -0.15) is 10.4 Å². The molecule has 0 atom stereocenters. The predicted molar refractivity (Wildman–Crippen MR) is 134 cm³/mol. The molecule has 0 amide bonds. The molecule has 11 heteroatoms. The first-order chi connectivity index (χ1) is 18.0. The number of carbonyl (C=O) groups excluding carboxylic acids is 1. The molecule has 0 unspecified atom stereocenters. The van der Waals surface area contributed by atoms with Crippen molar-refractivity contribution in [1.82, 2.24) is 9.97 Å². The monoisotopic (exact) mass is 499 g/mol. The number of hydrogen-bond donors (Lipinski definition) is 2. The fourth-order valence-electron chi connectivity index (χ4n) is 3.30. The topological polar surface area (TPSA) is 152 Å². The number of H-pyrrole nitrogens is 1. The van der Waals surface area contributed by atoms with Crippen LogP contribution < -0.4 is 20.5 Å². The van der Waals surface area contributed by atoms with Gasteiger partial charge >= 0.3 is 5.97 Å². The number of nitriles is 1. The van der Waals surface area contributed by atoms with Gasteiger partial charge in [-0.1, -0.05) is 30.3 Å². The van der Waals surface area contributed by atoms with Crippen LogP contribution in [-0.2, 0) is 11.3 Å². The number of nitrogens with one attached hydrogen (secondary N) is 2. The second kappa shape index (κ2) is 11.4. The predicted octanol–water partition coefficient (Wildman–Crippen LogP) is 3.72. The zero-order chi connectivity index (χ0) is 26.2. The molecule has 0 radical (unpaired) electrons. The standard InChI is InChI=1S/C26H21N5O6/c1-34-22-12-16(8-10-20(22)36-15-18-9-11-21(37-18)25(33)35-2)14-28-31-26-29-23(17-6-4-3-5-7-17)19(13-27)24(32)30-26/h3-12,14H,15H2,1-2H3,(H2,29,30,31,32). The molecule has 0 saturated heterocycles. The van der Waals surface area contributed by atoms with Gasteiger partial charge in [0.15, 0.2) is 11.5 Å². The zero-order valence-electron chi connectivity index (χ0n) is 19.8.